The molecule has 3 nitrogen and oxygen atoms in total. The lowest BCUT2D eigenvalue weighted by Crippen LogP contribution is -2.26. The molecule has 0 bridgehead atoms. The molecule has 1 amide bonds. The lowest BCUT2D eigenvalue weighted by Gasteiger charge is -1.97. The highest BCUT2D eigenvalue weighted by atomic mass is 35.5. The van der Waals surface area contributed by atoms with E-state index >= 15 is 0 Å². The number of nitrogens with two attached hydrogens (primary N) is 1. The van der Waals surface area contributed by atoms with Crippen molar-refractivity contribution in [2.24, 2.45) is 5.73 Å². The van der Waals surface area contributed by atoms with Gasteiger partial charge < -0.3 is 5.73 Å². The van der Waals surface area contributed by atoms with Crippen molar-refractivity contribution >= 4 is 35.6 Å². The van der Waals surface area contributed by atoms with Crippen LogP contribution in [0.3, 0.4) is 0 Å². The van der Waals surface area contributed by atoms with Gasteiger partial charge in [-0.3, -0.25) is 9.59 Å². The van der Waals surface area contributed by atoms with Crippen molar-refractivity contribution in [2.75, 3.05) is 0 Å². The molecule has 0 aromatic carbocycles. The molecule has 1 atom stereocenters. The Bertz CT molecular complexity index is 160. The Morgan fingerprint density at radius 3 is 2.70 bits per heavy atom. The van der Waals surface area contributed by atoms with E-state index in [0.29, 0.717) is 0 Å². The van der Waals surface area contributed by atoms with Crippen LogP contribution in [-0.2, 0) is 9.59 Å². The van der Waals surface area contributed by atoms with Gasteiger partial charge in [-0.05, 0) is 5.41 Å². The number of thioether (sulfide) groups is 1. The molecule has 0 aliphatic carbocycles. The molecule has 0 aliphatic rings. The third-order valence-electron chi connectivity index (χ3n) is 0.632. The van der Waals surface area contributed by atoms with Crippen LogP contribution in [-0.4, -0.2) is 17.4 Å². The second kappa shape index (κ2) is 5.32. The Morgan fingerprint density at radius 2 is 2.40 bits per heavy atom. The number of hydrogen-bond acceptors (Lipinski definition) is 3. The Hall–Kier alpha value is -0.480. The van der Waals surface area contributed by atoms with Gasteiger partial charge in [-0.1, -0.05) is 11.6 Å². The molecule has 0 saturated heterocycles. The van der Waals surface area contributed by atoms with Crippen molar-refractivity contribution in [3.05, 3.63) is 10.9 Å². The number of amides is 1. The smallest absolute Gasteiger partial charge is 0.238 e. The Balaban J connectivity index is 3.83. The van der Waals surface area contributed by atoms with E-state index in [1.165, 1.54) is 17.2 Å². The molecular formula is C5H5ClNO2S. The highest BCUT2D eigenvalue weighted by Gasteiger charge is 2.13. The van der Waals surface area contributed by atoms with Gasteiger partial charge in [0.2, 0.25) is 12.2 Å². The van der Waals surface area contributed by atoms with Crippen molar-refractivity contribution < 1.29 is 9.59 Å². The molecule has 0 spiro atoms. The molecule has 0 aromatic heterocycles. The van der Waals surface area contributed by atoms with E-state index < -0.39 is 11.2 Å². The highest BCUT2D eigenvalue weighted by molar-refractivity contribution is 8.04. The van der Waals surface area contributed by atoms with Crippen molar-refractivity contribution in [1.29, 1.82) is 0 Å². The van der Waals surface area contributed by atoms with Crippen LogP contribution in [0, 0.1) is 0 Å². The summed E-state index contributed by atoms with van der Waals surface area (Å²) in [5, 5.41) is 0.442. The van der Waals surface area contributed by atoms with Crippen LogP contribution in [0.15, 0.2) is 10.9 Å². The maximum absolute atomic E-state index is 10.3. The van der Waals surface area contributed by atoms with Gasteiger partial charge in [0, 0.05) is 5.54 Å². The van der Waals surface area contributed by atoms with Crippen molar-refractivity contribution in [3.63, 3.8) is 0 Å². The normalized spacial score (nSPS) is 13.3. The summed E-state index contributed by atoms with van der Waals surface area (Å²) in [5.74, 6) is -0.713. The third-order valence-corrected chi connectivity index (χ3v) is 1.80. The van der Waals surface area contributed by atoms with E-state index in [9.17, 15) is 9.59 Å². The van der Waals surface area contributed by atoms with Crippen molar-refractivity contribution in [2.45, 2.75) is 5.25 Å². The molecule has 0 fully saturated rings. The Labute approximate surface area is 67.6 Å². The molecule has 0 saturated carbocycles. The second-order valence-corrected chi connectivity index (χ2v) is 2.57. The van der Waals surface area contributed by atoms with E-state index in [1.54, 1.807) is 0 Å². The van der Waals surface area contributed by atoms with Gasteiger partial charge in [-0.15, -0.1) is 11.8 Å². The first-order valence-corrected chi connectivity index (χ1v) is 3.68. The summed E-state index contributed by atoms with van der Waals surface area (Å²) in [5.41, 5.74) is 5.98. The molecule has 10 heavy (non-hydrogen) atoms. The van der Waals surface area contributed by atoms with Crippen LogP contribution < -0.4 is 5.73 Å². The van der Waals surface area contributed by atoms with Crippen molar-refractivity contribution in [1.82, 2.24) is 0 Å². The van der Waals surface area contributed by atoms with Gasteiger partial charge in [0.05, 0.1) is 0 Å². The maximum Gasteiger partial charge on any atom is 0.238 e. The van der Waals surface area contributed by atoms with E-state index in [-0.39, 0.29) is 0 Å². The molecule has 1 unspecified atom stereocenters. The predicted molar refractivity (Wildman–Crippen MR) is 41.3 cm³/mol. The first kappa shape index (κ1) is 9.52. The van der Waals surface area contributed by atoms with Gasteiger partial charge >= 0.3 is 0 Å². The Kier molecular flexibility index (Phi) is 5.06. The first-order valence-electron chi connectivity index (χ1n) is 2.30. The number of halogens is 1. The summed E-state index contributed by atoms with van der Waals surface area (Å²) < 4.78 is 0. The predicted octanol–water partition coefficient (Wildman–Crippen LogP) is 0.393. The summed E-state index contributed by atoms with van der Waals surface area (Å²) in [7, 11) is 0. The topological polar surface area (TPSA) is 60.2 Å². The summed E-state index contributed by atoms with van der Waals surface area (Å²) in [6.45, 7) is 0. The molecule has 5 heteroatoms. The maximum atomic E-state index is 10.3. The van der Waals surface area contributed by atoms with Crippen LogP contribution in [0.25, 0.3) is 0 Å². The third kappa shape index (κ3) is 3.53. The van der Waals surface area contributed by atoms with E-state index in [0.717, 1.165) is 11.8 Å². The molecule has 55 valence electrons. The number of carbonyl (C=O) groups excluding carboxylic acids is 2. The lowest BCUT2D eigenvalue weighted by molar-refractivity contribution is -0.116. The fourth-order valence-corrected chi connectivity index (χ4v) is 0.846. The average Bonchev–Trinajstić information content (AvgIpc) is 1.89. The zero-order valence-corrected chi connectivity index (χ0v) is 6.48. The van der Waals surface area contributed by atoms with Crippen LogP contribution in [0.2, 0.25) is 0 Å². The summed E-state index contributed by atoms with van der Waals surface area (Å²) in [4.78, 5) is 20.2. The fourth-order valence-electron chi connectivity index (χ4n) is 0.261. The monoisotopic (exact) mass is 178 g/mol. The quantitative estimate of drug-likeness (QED) is 0.634. The SMILES string of the molecule is NC(=O)C([C]=O)S/C=C/Cl. The minimum Gasteiger partial charge on any atom is -0.368 e. The summed E-state index contributed by atoms with van der Waals surface area (Å²) in [6, 6.07) is 0. The van der Waals surface area contributed by atoms with Gasteiger partial charge in [0.15, 0.2) is 5.25 Å². The first-order chi connectivity index (χ1) is 4.72. The highest BCUT2D eigenvalue weighted by Crippen LogP contribution is 2.09. The van der Waals surface area contributed by atoms with Crippen molar-refractivity contribution in [3.8, 4) is 0 Å². The number of rotatable bonds is 4. The van der Waals surface area contributed by atoms with Gasteiger partial charge in [-0.25, -0.2) is 0 Å². The fraction of sp³-hybridized carbons (Fsp3) is 0.200. The number of carbonyl (C=O) groups is 1. The summed E-state index contributed by atoms with van der Waals surface area (Å²) in [6.07, 6.45) is 1.46. The minimum atomic E-state index is -0.949. The molecule has 1 radical (unpaired) electrons. The Morgan fingerprint density at radius 1 is 1.80 bits per heavy atom. The second-order valence-electron chi connectivity index (χ2n) is 1.30. The van der Waals surface area contributed by atoms with Gasteiger partial charge in [-0.2, -0.15) is 0 Å². The zero-order chi connectivity index (χ0) is 7.98. The molecular weight excluding hydrogens is 174 g/mol. The van der Waals surface area contributed by atoms with Crippen LogP contribution >= 0.6 is 23.4 Å². The van der Waals surface area contributed by atoms with Gasteiger partial charge in [0.25, 0.3) is 0 Å². The largest absolute Gasteiger partial charge is 0.368 e. The summed E-state index contributed by atoms with van der Waals surface area (Å²) >= 11 is 6.04. The molecule has 0 aromatic rings. The molecule has 0 aliphatic heterocycles. The zero-order valence-electron chi connectivity index (χ0n) is 4.91. The van der Waals surface area contributed by atoms with Crippen LogP contribution in [0.5, 0.6) is 0 Å². The van der Waals surface area contributed by atoms with E-state index in [4.69, 9.17) is 17.3 Å². The molecule has 2 N–H and O–H groups in total. The van der Waals surface area contributed by atoms with Crippen LogP contribution in [0.1, 0.15) is 0 Å². The van der Waals surface area contributed by atoms with E-state index in [2.05, 4.69) is 0 Å². The standard InChI is InChI=1S/C5H5ClNO2S/c6-1-2-10-4(3-8)5(7)9/h1-2,4H,(H2,7,9)/b2-1+. The number of primary amides is 1. The minimum absolute atomic E-state index is 0.713. The molecule has 0 rings (SSSR count). The van der Waals surface area contributed by atoms with Crippen LogP contribution in [0.4, 0.5) is 0 Å². The lowest BCUT2D eigenvalue weighted by atomic mass is 10.4. The molecule has 0 heterocycles. The van der Waals surface area contributed by atoms with Gasteiger partial charge in [0.1, 0.15) is 0 Å². The number of hydrogen-bond donors (Lipinski definition) is 1. The average molecular weight is 179 g/mol. The van der Waals surface area contributed by atoms with E-state index in [1.807, 2.05) is 0 Å².